The van der Waals surface area contributed by atoms with Gasteiger partial charge in [-0.05, 0) is 63.4 Å². The van der Waals surface area contributed by atoms with Gasteiger partial charge in [0.1, 0.15) is 23.9 Å². The number of aromatic nitrogens is 3. The number of carbonyl (C=O) groups is 2. The molecule has 1 atom stereocenters. The highest BCUT2D eigenvalue weighted by Crippen LogP contribution is 2.26. The molecule has 2 amide bonds. The lowest BCUT2D eigenvalue weighted by atomic mass is 9.98. The second-order valence-corrected chi connectivity index (χ2v) is 9.28. The smallest absolute Gasteiger partial charge is 0.247 e. The summed E-state index contributed by atoms with van der Waals surface area (Å²) in [6.45, 7) is 9.28. The van der Waals surface area contributed by atoms with Crippen LogP contribution in [0, 0.1) is 0 Å². The van der Waals surface area contributed by atoms with Crippen molar-refractivity contribution in [2.24, 2.45) is 0 Å². The standard InChI is InChI=1S/C27H37N5O4/c1-6-27(3,4)28-26(34)25(20-13-15-21(35-5)16-14-20)31(17-10-18-36-7-2)24(33)19-32-23-12-9-8-11-22(23)29-30-32/h8-9,11-16,25H,6-7,10,17-19H2,1-5H3,(H,28,34)/t25-/m0/s1. The van der Waals surface area contributed by atoms with Gasteiger partial charge in [0, 0.05) is 25.3 Å². The van der Waals surface area contributed by atoms with E-state index < -0.39 is 11.6 Å². The third-order valence-corrected chi connectivity index (χ3v) is 6.25. The lowest BCUT2D eigenvalue weighted by molar-refractivity contribution is -0.142. The lowest BCUT2D eigenvalue weighted by Crippen LogP contribution is -2.51. The zero-order valence-corrected chi connectivity index (χ0v) is 21.9. The van der Waals surface area contributed by atoms with E-state index in [-0.39, 0.29) is 18.4 Å². The maximum absolute atomic E-state index is 13.8. The second kappa shape index (κ2) is 12.5. The number of para-hydroxylation sites is 1. The summed E-state index contributed by atoms with van der Waals surface area (Å²) in [6.07, 6.45) is 1.34. The lowest BCUT2D eigenvalue weighted by Gasteiger charge is -2.34. The van der Waals surface area contributed by atoms with Crippen LogP contribution in [-0.4, -0.2) is 64.1 Å². The van der Waals surface area contributed by atoms with Gasteiger partial charge in [0.15, 0.2) is 0 Å². The van der Waals surface area contributed by atoms with Gasteiger partial charge in [0.25, 0.3) is 0 Å². The normalized spacial score (nSPS) is 12.4. The SMILES string of the molecule is CCOCCCN(C(=O)Cn1nnc2ccccc21)[C@H](C(=O)NC(C)(C)CC)c1ccc(OC)cc1. The number of amides is 2. The fourth-order valence-corrected chi connectivity index (χ4v) is 3.88. The van der Waals surface area contributed by atoms with Gasteiger partial charge >= 0.3 is 0 Å². The van der Waals surface area contributed by atoms with Crippen LogP contribution in [0.1, 0.15) is 52.1 Å². The highest BCUT2D eigenvalue weighted by atomic mass is 16.5. The maximum Gasteiger partial charge on any atom is 0.247 e. The molecule has 0 unspecified atom stereocenters. The number of carbonyl (C=O) groups excluding carboxylic acids is 2. The van der Waals surface area contributed by atoms with E-state index in [1.807, 2.05) is 64.1 Å². The summed E-state index contributed by atoms with van der Waals surface area (Å²) in [5, 5.41) is 11.5. The molecule has 0 aliphatic heterocycles. The van der Waals surface area contributed by atoms with Gasteiger partial charge in [-0.1, -0.05) is 36.4 Å². The fraction of sp³-hybridized carbons (Fsp3) is 0.481. The van der Waals surface area contributed by atoms with E-state index in [1.54, 1.807) is 28.8 Å². The Morgan fingerprint density at radius 1 is 1.11 bits per heavy atom. The summed E-state index contributed by atoms with van der Waals surface area (Å²) < 4.78 is 12.4. The third kappa shape index (κ3) is 6.81. The Labute approximate surface area is 212 Å². The van der Waals surface area contributed by atoms with E-state index in [2.05, 4.69) is 15.6 Å². The Hall–Kier alpha value is -3.46. The van der Waals surface area contributed by atoms with Gasteiger partial charge < -0.3 is 19.7 Å². The molecule has 1 N–H and O–H groups in total. The number of hydrogen-bond acceptors (Lipinski definition) is 6. The van der Waals surface area contributed by atoms with Crippen molar-refractivity contribution >= 4 is 22.8 Å². The van der Waals surface area contributed by atoms with E-state index in [0.29, 0.717) is 43.0 Å². The van der Waals surface area contributed by atoms with E-state index in [9.17, 15) is 9.59 Å². The van der Waals surface area contributed by atoms with Crippen molar-refractivity contribution in [2.45, 2.75) is 58.7 Å². The number of hydrogen-bond donors (Lipinski definition) is 1. The van der Waals surface area contributed by atoms with Crippen molar-refractivity contribution in [2.75, 3.05) is 26.9 Å². The summed E-state index contributed by atoms with van der Waals surface area (Å²) in [5.74, 6) is 0.211. The van der Waals surface area contributed by atoms with Gasteiger partial charge in [-0.3, -0.25) is 9.59 Å². The quantitative estimate of drug-likeness (QED) is 0.363. The predicted octanol–water partition coefficient (Wildman–Crippen LogP) is 3.74. The van der Waals surface area contributed by atoms with Crippen molar-refractivity contribution in [3.05, 3.63) is 54.1 Å². The average Bonchev–Trinajstić information content (AvgIpc) is 3.28. The van der Waals surface area contributed by atoms with Crippen molar-refractivity contribution in [3.8, 4) is 5.75 Å². The number of benzene rings is 2. The Morgan fingerprint density at radius 2 is 1.83 bits per heavy atom. The van der Waals surface area contributed by atoms with Crippen LogP contribution in [0.3, 0.4) is 0 Å². The molecular formula is C27H37N5O4. The molecule has 0 aliphatic rings. The topological polar surface area (TPSA) is 98.6 Å². The number of methoxy groups -OCH3 is 1. The first kappa shape index (κ1) is 27.1. The molecule has 194 valence electrons. The van der Waals surface area contributed by atoms with E-state index in [0.717, 1.165) is 11.9 Å². The molecule has 3 rings (SSSR count). The zero-order valence-electron chi connectivity index (χ0n) is 21.9. The first-order valence-electron chi connectivity index (χ1n) is 12.4. The third-order valence-electron chi connectivity index (χ3n) is 6.25. The molecule has 0 fully saturated rings. The first-order chi connectivity index (χ1) is 17.3. The molecule has 9 nitrogen and oxygen atoms in total. The molecule has 36 heavy (non-hydrogen) atoms. The molecule has 0 bridgehead atoms. The highest BCUT2D eigenvalue weighted by molar-refractivity contribution is 5.89. The van der Waals surface area contributed by atoms with Crippen LogP contribution in [0.5, 0.6) is 5.75 Å². The Kier molecular flexibility index (Phi) is 9.41. The summed E-state index contributed by atoms with van der Waals surface area (Å²) in [7, 11) is 1.59. The first-order valence-corrected chi connectivity index (χ1v) is 12.4. The van der Waals surface area contributed by atoms with E-state index >= 15 is 0 Å². The average molecular weight is 496 g/mol. The minimum atomic E-state index is -0.828. The molecule has 1 aromatic heterocycles. The molecular weight excluding hydrogens is 458 g/mol. The molecule has 0 spiro atoms. The number of ether oxygens (including phenoxy) is 2. The summed E-state index contributed by atoms with van der Waals surface area (Å²) in [5.41, 5.74) is 1.75. The van der Waals surface area contributed by atoms with Crippen molar-refractivity contribution < 1.29 is 19.1 Å². The van der Waals surface area contributed by atoms with Crippen LogP contribution in [0.2, 0.25) is 0 Å². The molecule has 0 radical (unpaired) electrons. The molecule has 1 heterocycles. The minimum absolute atomic E-state index is 0.0355. The Morgan fingerprint density at radius 3 is 2.50 bits per heavy atom. The Bertz CT molecular complexity index is 1140. The fourth-order valence-electron chi connectivity index (χ4n) is 3.88. The van der Waals surface area contributed by atoms with Gasteiger partial charge in [-0.25, -0.2) is 4.68 Å². The molecule has 0 saturated carbocycles. The van der Waals surface area contributed by atoms with Crippen LogP contribution in [0.25, 0.3) is 11.0 Å². The van der Waals surface area contributed by atoms with Gasteiger partial charge in [-0.15, -0.1) is 5.10 Å². The largest absolute Gasteiger partial charge is 0.497 e. The predicted molar refractivity (Wildman–Crippen MR) is 139 cm³/mol. The number of fused-ring (bicyclic) bond motifs is 1. The van der Waals surface area contributed by atoms with Crippen molar-refractivity contribution in [1.82, 2.24) is 25.2 Å². The number of nitrogens with one attached hydrogen (secondary N) is 1. The summed E-state index contributed by atoms with van der Waals surface area (Å²) >= 11 is 0. The minimum Gasteiger partial charge on any atom is -0.497 e. The maximum atomic E-state index is 13.8. The number of rotatable bonds is 13. The second-order valence-electron chi connectivity index (χ2n) is 9.28. The molecule has 0 saturated heterocycles. The van der Waals surface area contributed by atoms with E-state index in [4.69, 9.17) is 9.47 Å². The molecule has 9 heteroatoms. The highest BCUT2D eigenvalue weighted by Gasteiger charge is 2.34. The Balaban J connectivity index is 1.98. The molecule has 0 aliphatic carbocycles. The van der Waals surface area contributed by atoms with Gasteiger partial charge in [0.05, 0.1) is 12.6 Å². The van der Waals surface area contributed by atoms with Crippen LogP contribution in [0.15, 0.2) is 48.5 Å². The van der Waals surface area contributed by atoms with Gasteiger partial charge in [-0.2, -0.15) is 0 Å². The van der Waals surface area contributed by atoms with Crippen molar-refractivity contribution in [3.63, 3.8) is 0 Å². The van der Waals surface area contributed by atoms with Gasteiger partial charge in [0.2, 0.25) is 11.8 Å². The summed E-state index contributed by atoms with van der Waals surface area (Å²) in [4.78, 5) is 29.1. The van der Waals surface area contributed by atoms with E-state index in [1.165, 1.54) is 0 Å². The van der Waals surface area contributed by atoms with Crippen LogP contribution < -0.4 is 10.1 Å². The monoisotopic (exact) mass is 495 g/mol. The summed E-state index contributed by atoms with van der Waals surface area (Å²) in [6, 6.07) is 13.9. The van der Waals surface area contributed by atoms with Crippen molar-refractivity contribution in [1.29, 1.82) is 0 Å². The molecule has 3 aromatic rings. The number of nitrogens with zero attached hydrogens (tertiary/aromatic N) is 4. The van der Waals surface area contributed by atoms with Crippen LogP contribution >= 0.6 is 0 Å². The van der Waals surface area contributed by atoms with Crippen LogP contribution in [-0.2, 0) is 20.9 Å². The zero-order chi connectivity index (χ0) is 26.1. The van der Waals surface area contributed by atoms with Crippen LogP contribution in [0.4, 0.5) is 0 Å². The molecule has 2 aromatic carbocycles.